The second kappa shape index (κ2) is 6.00. The number of methoxy groups -OCH3 is 1. The highest BCUT2D eigenvalue weighted by Crippen LogP contribution is 2.58. The van der Waals surface area contributed by atoms with Crippen molar-refractivity contribution in [1.82, 2.24) is 9.55 Å². The zero-order chi connectivity index (χ0) is 19.5. The Hall–Kier alpha value is -1.52. The van der Waals surface area contributed by atoms with Crippen molar-refractivity contribution in [1.29, 1.82) is 0 Å². The minimum atomic E-state index is -2.50. The minimum absolute atomic E-state index is 0.164. The largest absolute Gasteiger partial charge is 0.403 e. The summed E-state index contributed by atoms with van der Waals surface area (Å²) in [5.74, 6) is 0. The summed E-state index contributed by atoms with van der Waals surface area (Å²) < 4.78 is 19.6. The zero-order valence-corrected chi connectivity index (χ0v) is 16.7. The molecule has 0 bridgehead atoms. The van der Waals surface area contributed by atoms with Crippen molar-refractivity contribution in [2.24, 2.45) is 0 Å². The first-order chi connectivity index (χ1) is 12.0. The van der Waals surface area contributed by atoms with Crippen LogP contribution in [0.3, 0.4) is 0 Å². The van der Waals surface area contributed by atoms with Crippen LogP contribution < -0.4 is 11.2 Å². The Labute approximate surface area is 152 Å². The second-order valence-electron chi connectivity index (χ2n) is 8.07. The number of aromatic nitrogens is 2. The summed E-state index contributed by atoms with van der Waals surface area (Å²) in [5, 5.41) is 10.8. The number of hydrogen-bond donors (Lipinski definition) is 2. The highest BCUT2D eigenvalue weighted by molar-refractivity contribution is 6.83. The van der Waals surface area contributed by atoms with Crippen LogP contribution in [0.25, 0.3) is 0 Å². The maximum atomic E-state index is 12.2. The van der Waals surface area contributed by atoms with Crippen molar-refractivity contribution in [2.75, 3.05) is 13.7 Å². The van der Waals surface area contributed by atoms with E-state index in [9.17, 15) is 14.7 Å². The average molecular weight is 382 g/mol. The summed E-state index contributed by atoms with van der Waals surface area (Å²) in [4.78, 5) is 25.8. The molecule has 26 heavy (non-hydrogen) atoms. The number of aliphatic hydroxyl groups is 1. The van der Waals surface area contributed by atoms with Crippen LogP contribution in [0, 0.1) is 0 Å². The van der Waals surface area contributed by atoms with E-state index in [4.69, 9.17) is 13.9 Å². The zero-order valence-electron chi connectivity index (χ0n) is 15.7. The molecular formula is C17H26N2O6Si. The van der Waals surface area contributed by atoms with E-state index in [-0.39, 0.29) is 11.6 Å². The smallest absolute Gasteiger partial charge is 0.330 e. The van der Waals surface area contributed by atoms with Gasteiger partial charge in [-0.05, 0) is 16.8 Å². The maximum Gasteiger partial charge on any atom is 0.330 e. The third kappa shape index (κ3) is 2.42. The molecule has 144 valence electrons. The Kier molecular flexibility index (Phi) is 4.44. The molecule has 0 radical (unpaired) electrons. The molecule has 5 unspecified atom stereocenters. The van der Waals surface area contributed by atoms with E-state index >= 15 is 0 Å². The molecule has 8 nitrogen and oxygen atoms in total. The average Bonchev–Trinajstić information content (AvgIpc) is 2.97. The highest BCUT2D eigenvalue weighted by Gasteiger charge is 2.70. The number of nitrogens with zero attached hydrogens (tertiary/aromatic N) is 1. The predicted octanol–water partition coefficient (Wildman–Crippen LogP) is 0.681. The topological polar surface area (TPSA) is 103 Å². The number of ether oxygens (including phenoxy) is 2. The van der Waals surface area contributed by atoms with Crippen LogP contribution in [0.2, 0.25) is 11.6 Å². The summed E-state index contributed by atoms with van der Waals surface area (Å²) in [6, 6.07) is 1.24. The van der Waals surface area contributed by atoms with Gasteiger partial charge in [0.05, 0.1) is 6.61 Å². The summed E-state index contributed by atoms with van der Waals surface area (Å²) in [5.41, 5.74) is -2.25. The fourth-order valence-electron chi connectivity index (χ4n) is 3.83. The number of hydrogen-bond acceptors (Lipinski definition) is 6. The van der Waals surface area contributed by atoms with Gasteiger partial charge in [0.15, 0.2) is 6.23 Å². The SMILES string of the molecule is C=C1C2(CO)OC(n3ccc(=O)[nH]c3=O)C(OC)C2O[Si]1(C)C(C)(C)C. The van der Waals surface area contributed by atoms with Gasteiger partial charge < -0.3 is 19.0 Å². The van der Waals surface area contributed by atoms with Gasteiger partial charge in [-0.3, -0.25) is 14.3 Å². The van der Waals surface area contributed by atoms with E-state index in [0.717, 1.165) is 5.20 Å². The molecule has 2 fully saturated rings. The molecule has 0 saturated carbocycles. The molecule has 1 aromatic heterocycles. The normalized spacial score (nSPS) is 37.2. The van der Waals surface area contributed by atoms with E-state index in [1.807, 2.05) is 0 Å². The molecule has 0 aliphatic carbocycles. The number of fused-ring (bicyclic) bond motifs is 1. The van der Waals surface area contributed by atoms with Crippen molar-refractivity contribution in [3.05, 3.63) is 44.9 Å². The quantitative estimate of drug-likeness (QED) is 0.746. The van der Waals surface area contributed by atoms with Crippen molar-refractivity contribution in [3.63, 3.8) is 0 Å². The molecule has 0 amide bonds. The van der Waals surface area contributed by atoms with Crippen molar-refractivity contribution >= 4 is 8.32 Å². The fourth-order valence-corrected chi connectivity index (χ4v) is 7.15. The van der Waals surface area contributed by atoms with Crippen LogP contribution >= 0.6 is 0 Å². The van der Waals surface area contributed by atoms with E-state index < -0.39 is 43.6 Å². The molecule has 1 aromatic rings. The molecule has 2 aliphatic rings. The lowest BCUT2D eigenvalue weighted by Gasteiger charge is -2.39. The molecule has 0 aromatic carbocycles. The molecule has 9 heteroatoms. The lowest BCUT2D eigenvalue weighted by Crippen LogP contribution is -2.47. The van der Waals surface area contributed by atoms with Gasteiger partial charge in [-0.15, -0.1) is 0 Å². The predicted molar refractivity (Wildman–Crippen MR) is 97.4 cm³/mol. The number of nitrogens with one attached hydrogen (secondary N) is 1. The Morgan fingerprint density at radius 2 is 2.12 bits per heavy atom. The summed E-state index contributed by atoms with van der Waals surface area (Å²) in [6.07, 6.45) is -0.728. The first kappa shape index (κ1) is 19.2. The number of rotatable bonds is 3. The molecule has 3 heterocycles. The summed E-state index contributed by atoms with van der Waals surface area (Å²) in [7, 11) is -0.991. The number of H-pyrrole nitrogens is 1. The van der Waals surface area contributed by atoms with Gasteiger partial charge >= 0.3 is 5.69 Å². The van der Waals surface area contributed by atoms with Gasteiger partial charge in [0.25, 0.3) is 5.56 Å². The van der Waals surface area contributed by atoms with Crippen LogP contribution in [0.5, 0.6) is 0 Å². The lowest BCUT2D eigenvalue weighted by atomic mass is 9.96. The molecule has 5 atom stereocenters. The number of aromatic amines is 1. The minimum Gasteiger partial charge on any atom is -0.403 e. The Bertz CT molecular complexity index is 843. The van der Waals surface area contributed by atoms with Crippen molar-refractivity contribution < 1.29 is 19.0 Å². The summed E-state index contributed by atoms with van der Waals surface area (Å²) in [6.45, 7) is 12.2. The van der Waals surface area contributed by atoms with Gasteiger partial charge in [0, 0.05) is 19.4 Å². The second-order valence-corrected chi connectivity index (χ2v) is 12.5. The van der Waals surface area contributed by atoms with Crippen LogP contribution in [-0.2, 0) is 13.9 Å². The van der Waals surface area contributed by atoms with Gasteiger partial charge in [0.1, 0.15) is 17.8 Å². The van der Waals surface area contributed by atoms with Gasteiger partial charge in [-0.2, -0.15) is 0 Å². The van der Waals surface area contributed by atoms with Crippen LogP contribution in [0.15, 0.2) is 33.6 Å². The fraction of sp³-hybridized carbons (Fsp3) is 0.647. The molecular weight excluding hydrogens is 356 g/mol. The maximum absolute atomic E-state index is 12.2. The van der Waals surface area contributed by atoms with Gasteiger partial charge in [-0.25, -0.2) is 4.79 Å². The third-order valence-electron chi connectivity index (χ3n) is 5.88. The van der Waals surface area contributed by atoms with E-state index in [1.165, 1.54) is 23.9 Å². The molecule has 2 N–H and O–H groups in total. The van der Waals surface area contributed by atoms with Crippen LogP contribution in [0.4, 0.5) is 0 Å². The molecule has 3 rings (SSSR count). The van der Waals surface area contributed by atoms with Gasteiger partial charge in [0.2, 0.25) is 8.32 Å². The first-order valence-electron chi connectivity index (χ1n) is 8.52. The van der Waals surface area contributed by atoms with E-state index in [1.54, 1.807) is 0 Å². The Morgan fingerprint density at radius 1 is 1.46 bits per heavy atom. The molecule has 2 saturated heterocycles. The molecule has 2 aliphatic heterocycles. The third-order valence-corrected chi connectivity index (χ3v) is 11.0. The standard InChI is InChI=1S/C17H26N2O6Si/c1-10-17(9-20)13(25-26(10,6)16(2,3)4)12(23-5)14(24-17)19-8-7-11(21)18-15(19)22/h7-8,12-14,20H,1,9H2,2-6H3,(H,18,21,22). The monoisotopic (exact) mass is 382 g/mol. The van der Waals surface area contributed by atoms with Crippen LogP contribution in [-0.4, -0.2) is 54.5 Å². The van der Waals surface area contributed by atoms with Gasteiger partial charge in [-0.1, -0.05) is 27.4 Å². The van der Waals surface area contributed by atoms with Crippen molar-refractivity contribution in [3.8, 4) is 0 Å². The number of aliphatic hydroxyl groups excluding tert-OH is 1. The Morgan fingerprint density at radius 3 is 2.62 bits per heavy atom. The summed E-state index contributed by atoms with van der Waals surface area (Å²) >= 11 is 0. The van der Waals surface area contributed by atoms with E-state index in [0.29, 0.717) is 0 Å². The van der Waals surface area contributed by atoms with Crippen molar-refractivity contribution in [2.45, 2.75) is 56.4 Å². The Balaban J connectivity index is 2.10. The van der Waals surface area contributed by atoms with Crippen LogP contribution in [0.1, 0.15) is 27.0 Å². The highest BCUT2D eigenvalue weighted by atomic mass is 28.4. The lowest BCUT2D eigenvalue weighted by molar-refractivity contribution is -0.0957. The van der Waals surface area contributed by atoms with E-state index in [2.05, 4.69) is 38.9 Å². The first-order valence-corrected chi connectivity index (χ1v) is 10.9. The molecule has 0 spiro atoms.